The van der Waals surface area contributed by atoms with Crippen LogP contribution in [0.25, 0.3) is 0 Å². The number of fused-ring (bicyclic) bond motifs is 1. The number of ether oxygens (including phenoxy) is 1. The molecule has 3 rings (SSSR count). The van der Waals surface area contributed by atoms with Gasteiger partial charge in [-0.05, 0) is 42.7 Å². The van der Waals surface area contributed by atoms with E-state index >= 15 is 0 Å². The lowest BCUT2D eigenvalue weighted by molar-refractivity contribution is 0.0403. The third-order valence-corrected chi connectivity index (χ3v) is 4.94. The first kappa shape index (κ1) is 14.1. The van der Waals surface area contributed by atoms with Crippen LogP contribution in [0.3, 0.4) is 0 Å². The van der Waals surface area contributed by atoms with Crippen molar-refractivity contribution >= 4 is 0 Å². The lowest BCUT2D eigenvalue weighted by Crippen LogP contribution is -2.34. The molecule has 110 valence electrons. The maximum absolute atomic E-state index is 5.99. The van der Waals surface area contributed by atoms with Crippen LogP contribution in [0.1, 0.15) is 56.3 Å². The van der Waals surface area contributed by atoms with Crippen molar-refractivity contribution in [3.05, 3.63) is 35.4 Å². The highest BCUT2D eigenvalue weighted by atomic mass is 16.5. The summed E-state index contributed by atoms with van der Waals surface area (Å²) in [4.78, 5) is 0. The molecule has 0 radical (unpaired) electrons. The van der Waals surface area contributed by atoms with Gasteiger partial charge in [-0.3, -0.25) is 0 Å². The summed E-state index contributed by atoms with van der Waals surface area (Å²) in [6.07, 6.45) is 8.13. The van der Waals surface area contributed by atoms with Crippen LogP contribution < -0.4 is 5.32 Å². The number of benzene rings is 1. The molecule has 2 nitrogen and oxygen atoms in total. The highest BCUT2D eigenvalue weighted by molar-refractivity contribution is 5.31. The Morgan fingerprint density at radius 1 is 1.15 bits per heavy atom. The highest BCUT2D eigenvalue weighted by Crippen LogP contribution is 2.27. The number of hydrogen-bond donors (Lipinski definition) is 1. The molecule has 1 saturated carbocycles. The van der Waals surface area contributed by atoms with Crippen molar-refractivity contribution in [1.29, 1.82) is 0 Å². The molecule has 1 heterocycles. The van der Waals surface area contributed by atoms with E-state index < -0.39 is 0 Å². The van der Waals surface area contributed by atoms with Crippen LogP contribution in [-0.2, 0) is 11.2 Å². The van der Waals surface area contributed by atoms with E-state index in [-0.39, 0.29) is 6.10 Å². The first-order valence-corrected chi connectivity index (χ1v) is 8.25. The highest BCUT2D eigenvalue weighted by Gasteiger charge is 2.22. The Kier molecular flexibility index (Phi) is 4.74. The van der Waals surface area contributed by atoms with Gasteiger partial charge in [0.1, 0.15) is 0 Å². The van der Waals surface area contributed by atoms with Gasteiger partial charge in [-0.1, -0.05) is 44.0 Å². The van der Waals surface area contributed by atoms with E-state index in [1.54, 1.807) is 0 Å². The largest absolute Gasteiger partial charge is 0.372 e. The lowest BCUT2D eigenvalue weighted by atomic mass is 9.97. The molecule has 2 aliphatic rings. The van der Waals surface area contributed by atoms with Crippen molar-refractivity contribution in [2.24, 2.45) is 5.92 Å². The molecular weight excluding hydrogens is 246 g/mol. The minimum absolute atomic E-state index is 0.251. The normalized spacial score (nSPS) is 30.6. The summed E-state index contributed by atoms with van der Waals surface area (Å²) in [6, 6.07) is 9.45. The van der Waals surface area contributed by atoms with Crippen LogP contribution in [-0.4, -0.2) is 19.2 Å². The van der Waals surface area contributed by atoms with E-state index in [1.165, 1.54) is 43.2 Å². The van der Waals surface area contributed by atoms with Crippen molar-refractivity contribution in [3.8, 4) is 0 Å². The predicted molar refractivity (Wildman–Crippen MR) is 82.9 cm³/mol. The molecule has 1 N–H and O–H groups in total. The molecule has 0 aromatic heterocycles. The molecule has 0 spiro atoms. The second-order valence-electron chi connectivity index (χ2n) is 6.53. The van der Waals surface area contributed by atoms with Gasteiger partial charge in [0.05, 0.1) is 12.7 Å². The fraction of sp³-hybridized carbons (Fsp3) is 0.667. The minimum Gasteiger partial charge on any atom is -0.372 e. The zero-order chi connectivity index (χ0) is 13.8. The zero-order valence-corrected chi connectivity index (χ0v) is 12.6. The number of rotatable bonds is 3. The van der Waals surface area contributed by atoms with Gasteiger partial charge in [-0.15, -0.1) is 0 Å². The van der Waals surface area contributed by atoms with Crippen LogP contribution >= 0.6 is 0 Å². The van der Waals surface area contributed by atoms with E-state index in [9.17, 15) is 0 Å². The summed E-state index contributed by atoms with van der Waals surface area (Å²) >= 11 is 0. The molecule has 1 aromatic carbocycles. The van der Waals surface area contributed by atoms with E-state index in [0.29, 0.717) is 6.04 Å². The smallest absolute Gasteiger partial charge is 0.0952 e. The molecule has 0 bridgehead atoms. The molecule has 0 amide bonds. The second kappa shape index (κ2) is 6.73. The SMILES string of the molecule is CC1CCCC(NCC2OCCc3ccccc32)CC1. The van der Waals surface area contributed by atoms with E-state index in [0.717, 1.165) is 25.5 Å². The van der Waals surface area contributed by atoms with Crippen LogP contribution in [0.2, 0.25) is 0 Å². The molecule has 3 atom stereocenters. The third kappa shape index (κ3) is 3.42. The van der Waals surface area contributed by atoms with Gasteiger partial charge in [0, 0.05) is 12.6 Å². The Labute approximate surface area is 122 Å². The van der Waals surface area contributed by atoms with Crippen LogP contribution in [0.4, 0.5) is 0 Å². The van der Waals surface area contributed by atoms with Gasteiger partial charge in [0.15, 0.2) is 0 Å². The molecule has 1 aromatic rings. The van der Waals surface area contributed by atoms with Gasteiger partial charge in [0.2, 0.25) is 0 Å². The van der Waals surface area contributed by atoms with Crippen molar-refractivity contribution in [2.45, 2.75) is 57.6 Å². The summed E-state index contributed by atoms with van der Waals surface area (Å²) in [5.74, 6) is 0.911. The molecule has 20 heavy (non-hydrogen) atoms. The number of nitrogens with one attached hydrogen (secondary N) is 1. The predicted octanol–water partition coefficient (Wildman–Crippen LogP) is 3.86. The topological polar surface area (TPSA) is 21.3 Å². The zero-order valence-electron chi connectivity index (χ0n) is 12.6. The van der Waals surface area contributed by atoms with Crippen molar-refractivity contribution in [1.82, 2.24) is 5.32 Å². The Morgan fingerprint density at radius 3 is 3.00 bits per heavy atom. The van der Waals surface area contributed by atoms with Crippen molar-refractivity contribution < 1.29 is 4.74 Å². The lowest BCUT2D eigenvalue weighted by Gasteiger charge is -2.28. The van der Waals surface area contributed by atoms with Crippen LogP contribution in [0, 0.1) is 5.92 Å². The fourth-order valence-electron chi connectivity index (χ4n) is 3.61. The first-order chi connectivity index (χ1) is 9.83. The fourth-order valence-corrected chi connectivity index (χ4v) is 3.61. The monoisotopic (exact) mass is 273 g/mol. The Morgan fingerprint density at radius 2 is 2.05 bits per heavy atom. The summed E-state index contributed by atoms with van der Waals surface area (Å²) in [6.45, 7) is 4.23. The van der Waals surface area contributed by atoms with Gasteiger partial charge in [0.25, 0.3) is 0 Å². The van der Waals surface area contributed by atoms with Crippen LogP contribution in [0.5, 0.6) is 0 Å². The maximum atomic E-state index is 5.99. The average molecular weight is 273 g/mol. The third-order valence-electron chi connectivity index (χ3n) is 4.94. The summed E-state index contributed by atoms with van der Waals surface area (Å²) in [7, 11) is 0. The summed E-state index contributed by atoms with van der Waals surface area (Å²) < 4.78 is 5.99. The van der Waals surface area contributed by atoms with E-state index in [1.807, 2.05) is 0 Å². The second-order valence-corrected chi connectivity index (χ2v) is 6.53. The van der Waals surface area contributed by atoms with E-state index in [2.05, 4.69) is 36.5 Å². The maximum Gasteiger partial charge on any atom is 0.0952 e. The first-order valence-electron chi connectivity index (χ1n) is 8.25. The summed E-state index contributed by atoms with van der Waals surface area (Å²) in [5.41, 5.74) is 2.87. The quantitative estimate of drug-likeness (QED) is 0.844. The molecule has 2 heteroatoms. The molecular formula is C18H27NO. The Balaban J connectivity index is 1.56. The molecule has 1 aliphatic heterocycles. The Bertz CT molecular complexity index is 431. The van der Waals surface area contributed by atoms with Gasteiger partial charge >= 0.3 is 0 Å². The molecule has 3 unspecified atom stereocenters. The molecule has 1 fully saturated rings. The Hall–Kier alpha value is -0.860. The summed E-state index contributed by atoms with van der Waals surface area (Å²) in [5, 5.41) is 3.77. The minimum atomic E-state index is 0.251. The standard InChI is InChI=1S/C18H27NO/c1-14-5-4-7-16(10-9-14)19-13-18-17-8-3-2-6-15(17)11-12-20-18/h2-3,6,8,14,16,18-19H,4-5,7,9-13H2,1H3. The van der Waals surface area contributed by atoms with Gasteiger partial charge in [-0.25, -0.2) is 0 Å². The average Bonchev–Trinajstić information content (AvgIpc) is 2.70. The number of hydrogen-bond acceptors (Lipinski definition) is 2. The van der Waals surface area contributed by atoms with E-state index in [4.69, 9.17) is 4.74 Å². The van der Waals surface area contributed by atoms with Crippen molar-refractivity contribution in [3.63, 3.8) is 0 Å². The van der Waals surface area contributed by atoms with Crippen molar-refractivity contribution in [2.75, 3.05) is 13.2 Å². The molecule has 0 saturated heterocycles. The van der Waals surface area contributed by atoms with Gasteiger partial charge < -0.3 is 10.1 Å². The van der Waals surface area contributed by atoms with Crippen LogP contribution in [0.15, 0.2) is 24.3 Å². The van der Waals surface area contributed by atoms with Gasteiger partial charge in [-0.2, -0.15) is 0 Å². The molecule has 1 aliphatic carbocycles.